The van der Waals surface area contributed by atoms with Gasteiger partial charge in [-0.05, 0) is 67.8 Å². The number of carbonyl (C=O) groups is 1. The molecule has 0 saturated heterocycles. The van der Waals surface area contributed by atoms with Gasteiger partial charge in [0.05, 0.1) is 13.2 Å². The SMILES string of the molecule is Cc1ccc(OCCNC(=O)CCCOc2ccc(Cl)cc2)cc1C. The lowest BCUT2D eigenvalue weighted by Gasteiger charge is -2.10. The molecule has 4 nitrogen and oxygen atoms in total. The first kappa shape index (κ1) is 19.1. The van der Waals surface area contributed by atoms with Crippen LogP contribution in [0.25, 0.3) is 0 Å². The maximum Gasteiger partial charge on any atom is 0.220 e. The van der Waals surface area contributed by atoms with Crippen LogP contribution < -0.4 is 14.8 Å². The molecule has 0 spiro atoms. The van der Waals surface area contributed by atoms with Gasteiger partial charge in [0.1, 0.15) is 18.1 Å². The Labute approximate surface area is 154 Å². The summed E-state index contributed by atoms with van der Waals surface area (Å²) in [6, 6.07) is 13.2. The summed E-state index contributed by atoms with van der Waals surface area (Å²) in [6.07, 6.45) is 1.09. The number of nitrogens with one attached hydrogen (secondary N) is 1. The van der Waals surface area contributed by atoms with E-state index in [9.17, 15) is 4.79 Å². The fraction of sp³-hybridized carbons (Fsp3) is 0.350. The summed E-state index contributed by atoms with van der Waals surface area (Å²) in [4.78, 5) is 11.8. The van der Waals surface area contributed by atoms with Crippen LogP contribution in [-0.2, 0) is 4.79 Å². The number of aryl methyl sites for hydroxylation is 2. The number of hydrogen-bond acceptors (Lipinski definition) is 3. The van der Waals surface area contributed by atoms with Gasteiger partial charge in [-0.15, -0.1) is 0 Å². The number of ether oxygens (including phenoxy) is 2. The molecule has 0 aliphatic carbocycles. The highest BCUT2D eigenvalue weighted by molar-refractivity contribution is 6.30. The third-order valence-electron chi connectivity index (χ3n) is 3.80. The minimum atomic E-state index is 0.00314. The van der Waals surface area contributed by atoms with Crippen LogP contribution in [-0.4, -0.2) is 25.7 Å². The standard InChI is InChI=1S/C20H24ClNO3/c1-15-5-8-19(14-16(15)2)25-13-11-22-20(23)4-3-12-24-18-9-6-17(21)7-10-18/h5-10,14H,3-4,11-13H2,1-2H3,(H,22,23). The van der Waals surface area contributed by atoms with Crippen LogP contribution in [0.3, 0.4) is 0 Å². The Bertz CT molecular complexity index is 686. The van der Waals surface area contributed by atoms with Gasteiger partial charge in [-0.25, -0.2) is 0 Å². The van der Waals surface area contributed by atoms with Gasteiger partial charge in [0.15, 0.2) is 0 Å². The van der Waals surface area contributed by atoms with Gasteiger partial charge in [-0.1, -0.05) is 17.7 Å². The van der Waals surface area contributed by atoms with Crippen molar-refractivity contribution in [1.82, 2.24) is 5.32 Å². The zero-order chi connectivity index (χ0) is 18.1. The number of rotatable bonds is 9. The van der Waals surface area contributed by atoms with Gasteiger partial charge in [0.2, 0.25) is 5.91 Å². The second-order valence-corrected chi connectivity index (χ2v) is 6.29. The van der Waals surface area contributed by atoms with E-state index in [4.69, 9.17) is 21.1 Å². The molecule has 2 aromatic rings. The summed E-state index contributed by atoms with van der Waals surface area (Å²) in [6.45, 7) is 5.56. The lowest BCUT2D eigenvalue weighted by molar-refractivity contribution is -0.121. The molecule has 1 amide bonds. The van der Waals surface area contributed by atoms with Gasteiger partial charge in [0, 0.05) is 11.4 Å². The van der Waals surface area contributed by atoms with Gasteiger partial charge in [-0.3, -0.25) is 4.79 Å². The minimum absolute atomic E-state index is 0.00314. The third kappa shape index (κ3) is 7.06. The Balaban J connectivity index is 1.54. The van der Waals surface area contributed by atoms with Gasteiger partial charge < -0.3 is 14.8 Å². The van der Waals surface area contributed by atoms with E-state index in [2.05, 4.69) is 19.2 Å². The van der Waals surface area contributed by atoms with E-state index < -0.39 is 0 Å². The molecule has 0 heterocycles. The molecule has 0 radical (unpaired) electrons. The summed E-state index contributed by atoms with van der Waals surface area (Å²) in [5.74, 6) is 1.59. The molecule has 0 atom stereocenters. The molecule has 0 saturated carbocycles. The third-order valence-corrected chi connectivity index (χ3v) is 4.05. The summed E-state index contributed by atoms with van der Waals surface area (Å²) in [7, 11) is 0. The minimum Gasteiger partial charge on any atom is -0.494 e. The Morgan fingerprint density at radius 3 is 2.36 bits per heavy atom. The van der Waals surface area contributed by atoms with Crippen LogP contribution in [0.2, 0.25) is 5.02 Å². The quantitative estimate of drug-likeness (QED) is 0.677. The molecule has 0 aliphatic rings. The maximum atomic E-state index is 11.8. The van der Waals surface area contributed by atoms with E-state index in [1.54, 1.807) is 12.1 Å². The molecule has 1 N–H and O–H groups in total. The zero-order valence-corrected chi connectivity index (χ0v) is 15.4. The molecule has 0 bridgehead atoms. The molecule has 5 heteroatoms. The van der Waals surface area contributed by atoms with E-state index in [0.717, 1.165) is 11.5 Å². The largest absolute Gasteiger partial charge is 0.494 e. The number of amides is 1. The highest BCUT2D eigenvalue weighted by atomic mass is 35.5. The predicted octanol–water partition coefficient (Wildman–Crippen LogP) is 4.31. The lowest BCUT2D eigenvalue weighted by atomic mass is 10.1. The second-order valence-electron chi connectivity index (χ2n) is 5.85. The fourth-order valence-electron chi connectivity index (χ4n) is 2.20. The molecular formula is C20H24ClNO3. The molecule has 2 rings (SSSR count). The highest BCUT2D eigenvalue weighted by Crippen LogP contribution is 2.16. The van der Waals surface area contributed by atoms with E-state index in [-0.39, 0.29) is 5.91 Å². The topological polar surface area (TPSA) is 47.6 Å². The number of benzene rings is 2. The highest BCUT2D eigenvalue weighted by Gasteiger charge is 2.02. The summed E-state index contributed by atoms with van der Waals surface area (Å²) < 4.78 is 11.2. The Hall–Kier alpha value is -2.20. The van der Waals surface area contributed by atoms with Crippen LogP contribution >= 0.6 is 11.6 Å². The predicted molar refractivity (Wildman–Crippen MR) is 101 cm³/mol. The zero-order valence-electron chi connectivity index (χ0n) is 14.7. The summed E-state index contributed by atoms with van der Waals surface area (Å²) in [5.41, 5.74) is 2.43. The van der Waals surface area contributed by atoms with Crippen molar-refractivity contribution in [2.45, 2.75) is 26.7 Å². The Kier molecular flexibility index (Phi) is 7.61. The molecule has 25 heavy (non-hydrogen) atoms. The van der Waals surface area contributed by atoms with Gasteiger partial charge in [0.25, 0.3) is 0 Å². The fourth-order valence-corrected chi connectivity index (χ4v) is 2.33. The normalized spacial score (nSPS) is 10.4. The second kappa shape index (κ2) is 9.94. The van der Waals surface area contributed by atoms with Crippen molar-refractivity contribution in [2.24, 2.45) is 0 Å². The van der Waals surface area contributed by atoms with Crippen molar-refractivity contribution >= 4 is 17.5 Å². The first-order chi connectivity index (χ1) is 12.0. The molecule has 134 valence electrons. The molecule has 2 aromatic carbocycles. The lowest BCUT2D eigenvalue weighted by Crippen LogP contribution is -2.28. The maximum absolute atomic E-state index is 11.8. The van der Waals surface area contributed by atoms with Crippen LogP contribution in [0.5, 0.6) is 11.5 Å². The smallest absolute Gasteiger partial charge is 0.220 e. The average Bonchev–Trinajstić information content (AvgIpc) is 2.60. The van der Waals surface area contributed by atoms with Crippen molar-refractivity contribution in [3.63, 3.8) is 0 Å². The summed E-state index contributed by atoms with van der Waals surface area (Å²) in [5, 5.41) is 3.52. The van der Waals surface area contributed by atoms with Crippen molar-refractivity contribution in [2.75, 3.05) is 19.8 Å². The average molecular weight is 362 g/mol. The van der Waals surface area contributed by atoms with Gasteiger partial charge >= 0.3 is 0 Å². The molecule has 0 aliphatic heterocycles. The van der Waals surface area contributed by atoms with Crippen molar-refractivity contribution in [3.05, 3.63) is 58.6 Å². The van der Waals surface area contributed by atoms with E-state index in [1.165, 1.54) is 11.1 Å². The molecular weight excluding hydrogens is 338 g/mol. The van der Waals surface area contributed by atoms with Crippen molar-refractivity contribution in [3.8, 4) is 11.5 Å². The van der Waals surface area contributed by atoms with Crippen LogP contribution in [0.1, 0.15) is 24.0 Å². The van der Waals surface area contributed by atoms with Crippen molar-refractivity contribution in [1.29, 1.82) is 0 Å². The van der Waals surface area contributed by atoms with Crippen molar-refractivity contribution < 1.29 is 14.3 Å². The van der Waals surface area contributed by atoms with Crippen LogP contribution in [0.15, 0.2) is 42.5 Å². The first-order valence-corrected chi connectivity index (χ1v) is 8.77. The number of halogens is 1. The molecule has 0 fully saturated rings. The molecule has 0 aromatic heterocycles. The van der Waals surface area contributed by atoms with E-state index >= 15 is 0 Å². The number of carbonyl (C=O) groups excluding carboxylic acids is 1. The van der Waals surface area contributed by atoms with E-state index in [0.29, 0.717) is 37.6 Å². The summed E-state index contributed by atoms with van der Waals surface area (Å²) >= 11 is 5.81. The Morgan fingerprint density at radius 2 is 1.64 bits per heavy atom. The van der Waals surface area contributed by atoms with Gasteiger partial charge in [-0.2, -0.15) is 0 Å². The Morgan fingerprint density at radius 1 is 0.960 bits per heavy atom. The first-order valence-electron chi connectivity index (χ1n) is 8.40. The number of hydrogen-bond donors (Lipinski definition) is 1. The van der Waals surface area contributed by atoms with Crippen LogP contribution in [0.4, 0.5) is 0 Å². The molecule has 0 unspecified atom stereocenters. The van der Waals surface area contributed by atoms with Crippen LogP contribution in [0, 0.1) is 13.8 Å². The van der Waals surface area contributed by atoms with E-state index in [1.807, 2.05) is 30.3 Å². The monoisotopic (exact) mass is 361 g/mol.